The van der Waals surface area contributed by atoms with Crippen LogP contribution < -0.4 is 9.64 Å². The van der Waals surface area contributed by atoms with Gasteiger partial charge in [0.1, 0.15) is 5.75 Å². The van der Waals surface area contributed by atoms with Crippen LogP contribution in [0.3, 0.4) is 0 Å². The van der Waals surface area contributed by atoms with Crippen molar-refractivity contribution in [1.29, 1.82) is 0 Å². The number of rotatable bonds is 7. The highest BCUT2D eigenvalue weighted by atomic mass is 32.2. The number of carbonyl (C=O) groups excluding carboxylic acids is 1. The molecule has 0 aliphatic carbocycles. The molecule has 0 spiro atoms. The molecule has 1 aliphatic heterocycles. The number of methoxy groups -OCH3 is 1. The first-order chi connectivity index (χ1) is 15.8. The summed E-state index contributed by atoms with van der Waals surface area (Å²) in [6.07, 6.45) is 0.410. The Bertz CT molecular complexity index is 1220. The standard InChI is InChI=1S/C24H27N3O5S/c1-26(2)19-8-4-17(5-9-19)15-27(20-12-13-33(29,30)16-20)24(28)22-14-23(32-25-22)18-6-10-21(31-3)11-7-18/h4-11,14,20H,12-13,15-16H2,1-3H3/t20-/m1/s1. The summed E-state index contributed by atoms with van der Waals surface area (Å²) in [6, 6.07) is 16.3. The third kappa shape index (κ3) is 5.19. The molecule has 0 unspecified atom stereocenters. The van der Waals surface area contributed by atoms with E-state index >= 15 is 0 Å². The zero-order valence-corrected chi connectivity index (χ0v) is 19.7. The molecule has 2 heterocycles. The summed E-state index contributed by atoms with van der Waals surface area (Å²) in [5.41, 5.74) is 2.87. The van der Waals surface area contributed by atoms with Gasteiger partial charge in [-0.3, -0.25) is 4.79 Å². The maximum Gasteiger partial charge on any atom is 0.276 e. The minimum atomic E-state index is -3.17. The van der Waals surface area contributed by atoms with Crippen molar-refractivity contribution >= 4 is 21.4 Å². The lowest BCUT2D eigenvalue weighted by Gasteiger charge is -2.27. The van der Waals surface area contributed by atoms with Crippen LogP contribution in [0.25, 0.3) is 11.3 Å². The number of benzene rings is 2. The number of carbonyl (C=O) groups is 1. The van der Waals surface area contributed by atoms with Gasteiger partial charge >= 0.3 is 0 Å². The molecule has 1 atom stereocenters. The molecule has 0 radical (unpaired) electrons. The lowest BCUT2D eigenvalue weighted by Crippen LogP contribution is -2.40. The van der Waals surface area contributed by atoms with Gasteiger partial charge in [0.25, 0.3) is 5.91 Å². The van der Waals surface area contributed by atoms with Gasteiger partial charge in [-0.1, -0.05) is 17.3 Å². The highest BCUT2D eigenvalue weighted by Crippen LogP contribution is 2.26. The van der Waals surface area contributed by atoms with Crippen molar-refractivity contribution in [3.05, 3.63) is 65.9 Å². The van der Waals surface area contributed by atoms with Gasteiger partial charge in [-0.15, -0.1) is 0 Å². The third-order valence-electron chi connectivity index (χ3n) is 5.82. The second kappa shape index (κ2) is 9.27. The van der Waals surface area contributed by atoms with Crippen LogP contribution in [0, 0.1) is 0 Å². The van der Waals surface area contributed by atoms with Crippen molar-refractivity contribution in [2.24, 2.45) is 0 Å². The Balaban J connectivity index is 1.59. The van der Waals surface area contributed by atoms with E-state index in [1.807, 2.05) is 55.4 Å². The summed E-state index contributed by atoms with van der Waals surface area (Å²) < 4.78 is 34.9. The smallest absolute Gasteiger partial charge is 0.276 e. The molecule has 1 aromatic heterocycles. The van der Waals surface area contributed by atoms with Crippen LogP contribution in [0.15, 0.2) is 59.1 Å². The molecule has 33 heavy (non-hydrogen) atoms. The van der Waals surface area contributed by atoms with E-state index in [1.165, 1.54) is 0 Å². The van der Waals surface area contributed by atoms with E-state index in [-0.39, 0.29) is 29.7 Å². The minimum absolute atomic E-state index is 0.0439. The maximum absolute atomic E-state index is 13.4. The number of sulfone groups is 1. The molecular formula is C24H27N3O5S. The van der Waals surface area contributed by atoms with Gasteiger partial charge in [0, 0.05) is 44.0 Å². The molecule has 1 saturated heterocycles. The Labute approximate surface area is 193 Å². The summed E-state index contributed by atoms with van der Waals surface area (Å²) in [5, 5.41) is 3.99. The monoisotopic (exact) mass is 469 g/mol. The molecule has 4 rings (SSSR count). The van der Waals surface area contributed by atoms with Crippen LogP contribution in [0.2, 0.25) is 0 Å². The summed E-state index contributed by atoms with van der Waals surface area (Å²) in [5.74, 6) is 0.852. The molecule has 1 aliphatic rings. The number of ether oxygens (including phenoxy) is 1. The number of aromatic nitrogens is 1. The van der Waals surface area contributed by atoms with Crippen LogP contribution >= 0.6 is 0 Å². The van der Waals surface area contributed by atoms with E-state index in [0.717, 1.165) is 16.8 Å². The summed E-state index contributed by atoms with van der Waals surface area (Å²) in [4.78, 5) is 17.0. The van der Waals surface area contributed by atoms with Crippen molar-refractivity contribution in [2.75, 3.05) is 37.6 Å². The molecule has 174 valence electrons. The van der Waals surface area contributed by atoms with E-state index < -0.39 is 15.9 Å². The predicted molar refractivity (Wildman–Crippen MR) is 126 cm³/mol. The summed E-state index contributed by atoms with van der Waals surface area (Å²) in [6.45, 7) is 0.289. The van der Waals surface area contributed by atoms with Crippen molar-refractivity contribution in [1.82, 2.24) is 10.1 Å². The molecule has 2 aromatic carbocycles. The second-order valence-electron chi connectivity index (χ2n) is 8.36. The topological polar surface area (TPSA) is 93.0 Å². The third-order valence-corrected chi connectivity index (χ3v) is 7.57. The Morgan fingerprint density at radius 3 is 2.39 bits per heavy atom. The number of anilines is 1. The summed E-state index contributed by atoms with van der Waals surface area (Å²) >= 11 is 0. The van der Waals surface area contributed by atoms with E-state index in [4.69, 9.17) is 9.26 Å². The molecule has 1 amide bonds. The molecule has 8 nitrogen and oxygen atoms in total. The normalized spacial score (nSPS) is 17.0. The highest BCUT2D eigenvalue weighted by Gasteiger charge is 2.36. The van der Waals surface area contributed by atoms with E-state index in [0.29, 0.717) is 17.9 Å². The van der Waals surface area contributed by atoms with Gasteiger partial charge in [-0.25, -0.2) is 8.42 Å². The summed E-state index contributed by atoms with van der Waals surface area (Å²) in [7, 11) is 2.34. The fourth-order valence-corrected chi connectivity index (χ4v) is 5.63. The average Bonchev–Trinajstić information content (AvgIpc) is 3.44. The van der Waals surface area contributed by atoms with Crippen LogP contribution in [0.4, 0.5) is 5.69 Å². The second-order valence-corrected chi connectivity index (χ2v) is 10.6. The molecule has 0 saturated carbocycles. The Kier molecular flexibility index (Phi) is 6.42. The zero-order valence-electron chi connectivity index (χ0n) is 18.9. The minimum Gasteiger partial charge on any atom is -0.497 e. The van der Waals surface area contributed by atoms with Crippen molar-refractivity contribution < 1.29 is 22.5 Å². The largest absolute Gasteiger partial charge is 0.497 e. The van der Waals surface area contributed by atoms with Gasteiger partial charge < -0.3 is 19.1 Å². The van der Waals surface area contributed by atoms with Crippen LogP contribution in [-0.2, 0) is 16.4 Å². The molecule has 3 aromatic rings. The lowest BCUT2D eigenvalue weighted by atomic mass is 10.1. The molecule has 1 fully saturated rings. The van der Waals surface area contributed by atoms with Gasteiger partial charge in [-0.05, 0) is 48.4 Å². The fourth-order valence-electron chi connectivity index (χ4n) is 3.90. The van der Waals surface area contributed by atoms with E-state index in [9.17, 15) is 13.2 Å². The van der Waals surface area contributed by atoms with Crippen LogP contribution in [0.1, 0.15) is 22.5 Å². The molecular weight excluding hydrogens is 442 g/mol. The molecule has 9 heteroatoms. The van der Waals surface area contributed by atoms with E-state index in [1.54, 1.807) is 30.2 Å². The number of nitrogens with zero attached hydrogens (tertiary/aromatic N) is 3. The lowest BCUT2D eigenvalue weighted by molar-refractivity contribution is 0.0670. The predicted octanol–water partition coefficient (Wildman–Crippen LogP) is 3.25. The fraction of sp³-hybridized carbons (Fsp3) is 0.333. The first-order valence-electron chi connectivity index (χ1n) is 10.6. The van der Waals surface area contributed by atoms with Crippen molar-refractivity contribution in [2.45, 2.75) is 19.0 Å². The Morgan fingerprint density at radius 1 is 1.12 bits per heavy atom. The number of hydrogen-bond donors (Lipinski definition) is 0. The maximum atomic E-state index is 13.4. The van der Waals surface area contributed by atoms with Gasteiger partial charge in [0.15, 0.2) is 21.3 Å². The van der Waals surface area contributed by atoms with Gasteiger partial charge in [0.05, 0.1) is 18.6 Å². The first-order valence-corrected chi connectivity index (χ1v) is 12.5. The van der Waals surface area contributed by atoms with Crippen molar-refractivity contribution in [3.8, 4) is 17.1 Å². The molecule has 0 bridgehead atoms. The highest BCUT2D eigenvalue weighted by molar-refractivity contribution is 7.91. The molecule has 0 N–H and O–H groups in total. The van der Waals surface area contributed by atoms with Gasteiger partial charge in [0.2, 0.25) is 0 Å². The number of amides is 1. The van der Waals surface area contributed by atoms with Gasteiger partial charge in [-0.2, -0.15) is 0 Å². The Hall–Kier alpha value is -3.33. The number of hydrogen-bond acceptors (Lipinski definition) is 7. The van der Waals surface area contributed by atoms with Crippen molar-refractivity contribution in [3.63, 3.8) is 0 Å². The average molecular weight is 470 g/mol. The SMILES string of the molecule is COc1ccc(-c2cc(C(=O)N(Cc3ccc(N(C)C)cc3)[C@@H]3CCS(=O)(=O)C3)no2)cc1. The first kappa shape index (κ1) is 22.8. The quantitative estimate of drug-likeness (QED) is 0.524. The zero-order chi connectivity index (χ0) is 23.6. The Morgan fingerprint density at radius 2 is 1.82 bits per heavy atom. The van der Waals surface area contributed by atoms with E-state index in [2.05, 4.69) is 5.16 Å². The van der Waals surface area contributed by atoms with Crippen LogP contribution in [0.5, 0.6) is 5.75 Å². The van der Waals surface area contributed by atoms with Crippen LogP contribution in [-0.4, -0.2) is 63.1 Å².